The minimum Gasteiger partial charge on any atom is -0.326 e. The Bertz CT molecular complexity index is 490. The summed E-state index contributed by atoms with van der Waals surface area (Å²) < 4.78 is 2.60. The second kappa shape index (κ2) is 7.68. The van der Waals surface area contributed by atoms with Crippen molar-refractivity contribution >= 4 is 13.5 Å². The molecular weight excluding hydrogens is 299 g/mol. The van der Waals surface area contributed by atoms with Crippen LogP contribution < -0.4 is 5.57 Å². The van der Waals surface area contributed by atoms with E-state index in [1.807, 2.05) is 0 Å². The van der Waals surface area contributed by atoms with Gasteiger partial charge in [0.2, 0.25) is 0 Å². The van der Waals surface area contributed by atoms with Gasteiger partial charge in [0.1, 0.15) is 5.57 Å². The maximum Gasteiger partial charge on any atom is 0.132 e. The number of rotatable bonds is 4. The molecule has 1 aromatic heterocycles. The molecule has 3 rings (SSSR count). The highest BCUT2D eigenvalue weighted by Crippen LogP contribution is 2.55. The lowest BCUT2D eigenvalue weighted by Gasteiger charge is -2.38. The first-order valence-corrected chi connectivity index (χ1v) is 11.4. The molecule has 0 saturated heterocycles. The van der Waals surface area contributed by atoms with Gasteiger partial charge in [-0.05, 0) is 72.6 Å². The van der Waals surface area contributed by atoms with Crippen LogP contribution in [0.25, 0.3) is 0 Å². The standard InChI is InChI=1S/C20H35N2P/c1-15(2)22-17(4)16(3)21-20(22)23(18-11-7-5-8-12-18)19-13-9-6-10-14-19/h15,18-19H,5-14H2,1-4H3. The Morgan fingerprint density at radius 1 is 0.870 bits per heavy atom. The molecule has 23 heavy (non-hydrogen) atoms. The van der Waals surface area contributed by atoms with Crippen LogP contribution in [0.4, 0.5) is 0 Å². The molecule has 2 nitrogen and oxygen atoms in total. The maximum atomic E-state index is 5.17. The molecule has 0 N–H and O–H groups in total. The molecule has 130 valence electrons. The molecule has 0 atom stereocenters. The van der Waals surface area contributed by atoms with Gasteiger partial charge in [-0.15, -0.1) is 0 Å². The first-order chi connectivity index (χ1) is 11.1. The normalized spacial score (nSPS) is 21.5. The molecule has 2 saturated carbocycles. The molecule has 1 aromatic rings. The van der Waals surface area contributed by atoms with Gasteiger partial charge < -0.3 is 4.57 Å². The predicted molar refractivity (Wildman–Crippen MR) is 102 cm³/mol. The largest absolute Gasteiger partial charge is 0.326 e. The van der Waals surface area contributed by atoms with E-state index < -0.39 is 0 Å². The highest BCUT2D eigenvalue weighted by atomic mass is 31.1. The van der Waals surface area contributed by atoms with Crippen LogP contribution in [0.1, 0.15) is 95.5 Å². The summed E-state index contributed by atoms with van der Waals surface area (Å²) in [5, 5.41) is 0. The van der Waals surface area contributed by atoms with Crippen molar-refractivity contribution in [1.82, 2.24) is 9.55 Å². The summed E-state index contributed by atoms with van der Waals surface area (Å²) in [6.07, 6.45) is 14.6. The van der Waals surface area contributed by atoms with Gasteiger partial charge in [0, 0.05) is 11.7 Å². The van der Waals surface area contributed by atoms with E-state index in [0.29, 0.717) is 6.04 Å². The van der Waals surface area contributed by atoms with Gasteiger partial charge in [0.05, 0.1) is 5.69 Å². The highest BCUT2D eigenvalue weighted by Gasteiger charge is 2.36. The number of hydrogen-bond donors (Lipinski definition) is 0. The molecule has 0 unspecified atom stereocenters. The van der Waals surface area contributed by atoms with E-state index >= 15 is 0 Å². The van der Waals surface area contributed by atoms with E-state index in [0.717, 1.165) is 11.3 Å². The predicted octanol–water partition coefficient (Wildman–Crippen LogP) is 5.85. The summed E-state index contributed by atoms with van der Waals surface area (Å²) in [4.78, 5) is 5.17. The molecule has 0 radical (unpaired) electrons. The van der Waals surface area contributed by atoms with Crippen LogP contribution in [-0.4, -0.2) is 20.9 Å². The van der Waals surface area contributed by atoms with E-state index in [-0.39, 0.29) is 7.92 Å². The molecule has 3 heteroatoms. The lowest BCUT2D eigenvalue weighted by molar-refractivity contribution is 0.485. The van der Waals surface area contributed by atoms with Crippen molar-refractivity contribution in [3.8, 4) is 0 Å². The van der Waals surface area contributed by atoms with Crippen molar-refractivity contribution in [3.05, 3.63) is 11.4 Å². The number of hydrogen-bond acceptors (Lipinski definition) is 1. The Labute approximate surface area is 144 Å². The van der Waals surface area contributed by atoms with Crippen LogP contribution in [0.15, 0.2) is 0 Å². The van der Waals surface area contributed by atoms with Gasteiger partial charge in [-0.1, -0.05) is 38.5 Å². The average molecular weight is 334 g/mol. The molecule has 2 aliphatic rings. The van der Waals surface area contributed by atoms with Gasteiger partial charge in [-0.3, -0.25) is 0 Å². The highest BCUT2D eigenvalue weighted by molar-refractivity contribution is 7.66. The topological polar surface area (TPSA) is 17.8 Å². The first kappa shape index (κ1) is 17.5. The molecule has 0 aliphatic heterocycles. The zero-order valence-corrected chi connectivity index (χ0v) is 16.5. The van der Waals surface area contributed by atoms with E-state index in [9.17, 15) is 0 Å². The minimum absolute atomic E-state index is 0.0889. The summed E-state index contributed by atoms with van der Waals surface area (Å²) in [7, 11) is -0.0889. The Morgan fingerprint density at radius 3 is 1.78 bits per heavy atom. The van der Waals surface area contributed by atoms with Crippen molar-refractivity contribution in [2.75, 3.05) is 0 Å². The summed E-state index contributed by atoms with van der Waals surface area (Å²) >= 11 is 0. The zero-order valence-electron chi connectivity index (χ0n) is 15.6. The van der Waals surface area contributed by atoms with E-state index in [2.05, 4.69) is 32.3 Å². The number of nitrogens with zero attached hydrogens (tertiary/aromatic N) is 2. The van der Waals surface area contributed by atoms with Crippen LogP contribution in [-0.2, 0) is 0 Å². The lowest BCUT2D eigenvalue weighted by Crippen LogP contribution is -2.32. The number of aromatic nitrogens is 2. The number of aryl methyl sites for hydroxylation is 1. The van der Waals surface area contributed by atoms with Gasteiger partial charge in [0.25, 0.3) is 0 Å². The van der Waals surface area contributed by atoms with Gasteiger partial charge in [-0.2, -0.15) is 0 Å². The van der Waals surface area contributed by atoms with Gasteiger partial charge >= 0.3 is 0 Å². The van der Waals surface area contributed by atoms with E-state index in [1.54, 1.807) is 0 Å². The summed E-state index contributed by atoms with van der Waals surface area (Å²) in [6, 6.07) is 0.545. The SMILES string of the molecule is Cc1nc(P(C2CCCCC2)C2CCCCC2)n(C(C)C)c1C. The summed E-state index contributed by atoms with van der Waals surface area (Å²) in [5.41, 5.74) is 6.08. The monoisotopic (exact) mass is 334 g/mol. The molecule has 0 amide bonds. The summed E-state index contributed by atoms with van der Waals surface area (Å²) in [5.74, 6) is 0. The molecule has 0 aromatic carbocycles. The molecule has 2 aliphatic carbocycles. The third-order valence-corrected chi connectivity index (χ3v) is 9.44. The molecule has 0 spiro atoms. The fraction of sp³-hybridized carbons (Fsp3) is 0.850. The smallest absolute Gasteiger partial charge is 0.132 e. The van der Waals surface area contributed by atoms with Crippen LogP contribution in [0.5, 0.6) is 0 Å². The molecule has 2 fully saturated rings. The van der Waals surface area contributed by atoms with Crippen LogP contribution in [0.3, 0.4) is 0 Å². The third-order valence-electron chi connectivity index (χ3n) is 6.05. The molecule has 1 heterocycles. The van der Waals surface area contributed by atoms with Crippen LogP contribution in [0, 0.1) is 13.8 Å². The van der Waals surface area contributed by atoms with Crippen LogP contribution in [0.2, 0.25) is 0 Å². The molecule has 0 bridgehead atoms. The van der Waals surface area contributed by atoms with E-state index in [4.69, 9.17) is 4.98 Å². The fourth-order valence-corrected chi connectivity index (χ4v) is 8.74. The minimum atomic E-state index is -0.0889. The second-order valence-corrected chi connectivity index (χ2v) is 10.7. The summed E-state index contributed by atoms with van der Waals surface area (Å²) in [6.45, 7) is 9.17. The zero-order chi connectivity index (χ0) is 16.4. The van der Waals surface area contributed by atoms with Crippen molar-refractivity contribution in [1.29, 1.82) is 0 Å². The molecular formula is C20H35N2P. The van der Waals surface area contributed by atoms with Crippen LogP contribution >= 0.6 is 7.92 Å². The Hall–Kier alpha value is -0.360. The fourth-order valence-electron chi connectivity index (χ4n) is 4.75. The Kier molecular flexibility index (Phi) is 5.83. The van der Waals surface area contributed by atoms with E-state index in [1.165, 1.54) is 81.2 Å². The van der Waals surface area contributed by atoms with Gasteiger partial charge in [-0.25, -0.2) is 4.98 Å². The Morgan fingerprint density at radius 2 is 1.35 bits per heavy atom. The number of imidazole rings is 1. The Balaban J connectivity index is 1.98. The lowest BCUT2D eigenvalue weighted by atomic mass is 9.99. The van der Waals surface area contributed by atoms with Gasteiger partial charge in [0.15, 0.2) is 0 Å². The second-order valence-electron chi connectivity index (χ2n) is 8.04. The average Bonchev–Trinajstić information content (AvgIpc) is 2.85. The van der Waals surface area contributed by atoms with Crippen molar-refractivity contribution < 1.29 is 0 Å². The van der Waals surface area contributed by atoms with Crippen molar-refractivity contribution in [2.45, 2.75) is 109 Å². The maximum absolute atomic E-state index is 5.17. The van der Waals surface area contributed by atoms with Crippen molar-refractivity contribution in [3.63, 3.8) is 0 Å². The van der Waals surface area contributed by atoms with Crippen molar-refractivity contribution in [2.24, 2.45) is 0 Å². The third kappa shape index (κ3) is 3.68. The first-order valence-electron chi connectivity index (χ1n) is 9.93. The quantitative estimate of drug-likeness (QED) is 0.631.